The lowest BCUT2D eigenvalue weighted by Crippen LogP contribution is -2.40. The molecule has 0 radical (unpaired) electrons. The molecule has 19 heavy (non-hydrogen) atoms. The minimum absolute atomic E-state index is 0.0158. The van der Waals surface area contributed by atoms with Crippen molar-refractivity contribution in [3.8, 4) is 0 Å². The first-order valence-corrected chi connectivity index (χ1v) is 7.12. The van der Waals surface area contributed by atoms with Crippen molar-refractivity contribution in [2.24, 2.45) is 0 Å². The fraction of sp³-hybridized carbons (Fsp3) is 0.800. The van der Waals surface area contributed by atoms with Crippen LogP contribution in [0.25, 0.3) is 0 Å². The molecule has 1 N–H and O–H groups in total. The topological polar surface area (TPSA) is 96.0 Å². The van der Waals surface area contributed by atoms with E-state index in [1.807, 2.05) is 0 Å². The Balaban J connectivity index is 4.16. The molecule has 112 valence electrons. The number of methoxy groups -OCH3 is 1. The monoisotopic (exact) mass is 295 g/mol. The number of amides is 1. The summed E-state index contributed by atoms with van der Waals surface area (Å²) in [6, 6.07) is 0. The summed E-state index contributed by atoms with van der Waals surface area (Å²) in [5.74, 6) is -0.648. The van der Waals surface area contributed by atoms with Crippen molar-refractivity contribution in [3.63, 3.8) is 0 Å². The highest BCUT2D eigenvalue weighted by Crippen LogP contribution is 1.97. The van der Waals surface area contributed by atoms with Gasteiger partial charge in [0.2, 0.25) is 5.91 Å². The van der Waals surface area contributed by atoms with E-state index < -0.39 is 16.2 Å². The van der Waals surface area contributed by atoms with Gasteiger partial charge in [0.15, 0.2) is 0 Å². The molecule has 0 atom stereocenters. The van der Waals surface area contributed by atoms with Gasteiger partial charge in [-0.1, -0.05) is 0 Å². The normalized spacial score (nSPS) is 11.4. The molecule has 0 heterocycles. The van der Waals surface area contributed by atoms with Gasteiger partial charge >= 0.3 is 5.97 Å². The van der Waals surface area contributed by atoms with Gasteiger partial charge in [-0.3, -0.25) is 9.59 Å². The first-order valence-electron chi connectivity index (χ1n) is 5.68. The summed E-state index contributed by atoms with van der Waals surface area (Å²) in [5, 5.41) is 0. The van der Waals surface area contributed by atoms with Crippen LogP contribution in [0.5, 0.6) is 0 Å². The van der Waals surface area contributed by atoms with E-state index in [0.717, 1.165) is 4.31 Å². The zero-order valence-corrected chi connectivity index (χ0v) is 12.5. The molecule has 0 aliphatic heterocycles. The van der Waals surface area contributed by atoms with Crippen molar-refractivity contribution < 1.29 is 22.7 Å². The lowest BCUT2D eigenvalue weighted by molar-refractivity contribution is -0.140. The second kappa shape index (κ2) is 8.08. The summed E-state index contributed by atoms with van der Waals surface area (Å²) in [7, 11) is 2.10. The molecule has 0 rings (SSSR count). The summed E-state index contributed by atoms with van der Waals surface area (Å²) < 4.78 is 31.2. The predicted molar refractivity (Wildman–Crippen MR) is 69.5 cm³/mol. The Kier molecular flexibility index (Phi) is 7.57. The lowest BCUT2D eigenvalue weighted by atomic mass is 10.4. The van der Waals surface area contributed by atoms with E-state index in [-0.39, 0.29) is 31.8 Å². The fourth-order valence-corrected chi connectivity index (χ4v) is 2.00. The van der Waals surface area contributed by atoms with Crippen molar-refractivity contribution in [2.45, 2.75) is 12.8 Å². The van der Waals surface area contributed by atoms with Crippen LogP contribution in [-0.4, -0.2) is 70.8 Å². The standard InChI is InChI=1S/C10H21N3O5S/c1-12(2)9(14)5-7-11-19(16,17)13(3)8-6-10(15)18-4/h11H,5-8H2,1-4H3. The SMILES string of the molecule is COC(=O)CCN(C)S(=O)(=O)NCCC(=O)N(C)C. The van der Waals surface area contributed by atoms with Crippen LogP contribution in [0.3, 0.4) is 0 Å². The molecule has 0 aromatic rings. The fourth-order valence-electron chi connectivity index (χ4n) is 1.09. The molecule has 0 saturated carbocycles. The molecule has 0 unspecified atom stereocenters. The molecule has 0 aliphatic carbocycles. The van der Waals surface area contributed by atoms with Crippen molar-refractivity contribution in [1.29, 1.82) is 0 Å². The molecule has 0 aromatic carbocycles. The van der Waals surface area contributed by atoms with Crippen molar-refractivity contribution in [3.05, 3.63) is 0 Å². The molecular formula is C10H21N3O5S. The highest BCUT2D eigenvalue weighted by atomic mass is 32.2. The smallest absolute Gasteiger partial charge is 0.306 e. The zero-order chi connectivity index (χ0) is 15.1. The third-order valence-corrected chi connectivity index (χ3v) is 3.96. The predicted octanol–water partition coefficient (Wildman–Crippen LogP) is -1.21. The number of nitrogens with one attached hydrogen (secondary N) is 1. The number of hydrogen-bond donors (Lipinski definition) is 1. The summed E-state index contributed by atoms with van der Waals surface area (Å²) in [6.07, 6.45) is 0.0572. The van der Waals surface area contributed by atoms with Gasteiger partial charge in [0, 0.05) is 40.7 Å². The first kappa shape index (κ1) is 17.8. The van der Waals surface area contributed by atoms with Gasteiger partial charge < -0.3 is 9.64 Å². The Labute approximate surface area is 113 Å². The van der Waals surface area contributed by atoms with Crippen LogP contribution in [-0.2, 0) is 24.5 Å². The summed E-state index contributed by atoms with van der Waals surface area (Å²) in [4.78, 5) is 23.6. The number of carbonyl (C=O) groups excluding carboxylic acids is 2. The zero-order valence-electron chi connectivity index (χ0n) is 11.7. The van der Waals surface area contributed by atoms with E-state index in [1.165, 1.54) is 19.1 Å². The quantitative estimate of drug-likeness (QED) is 0.567. The van der Waals surface area contributed by atoms with Crippen LogP contribution in [0.2, 0.25) is 0 Å². The average molecular weight is 295 g/mol. The third-order valence-electron chi connectivity index (χ3n) is 2.39. The molecule has 9 heteroatoms. The third kappa shape index (κ3) is 7.09. The van der Waals surface area contributed by atoms with E-state index in [1.54, 1.807) is 14.1 Å². The van der Waals surface area contributed by atoms with Crippen LogP contribution < -0.4 is 4.72 Å². The molecule has 0 fully saturated rings. The Bertz CT molecular complexity index is 407. The largest absolute Gasteiger partial charge is 0.469 e. The van der Waals surface area contributed by atoms with E-state index in [2.05, 4.69) is 9.46 Å². The highest BCUT2D eigenvalue weighted by molar-refractivity contribution is 7.87. The van der Waals surface area contributed by atoms with Gasteiger partial charge in [0.05, 0.1) is 13.5 Å². The molecule has 0 aliphatic rings. The van der Waals surface area contributed by atoms with Gasteiger partial charge in [-0.25, -0.2) is 4.72 Å². The van der Waals surface area contributed by atoms with Crippen LogP contribution in [0.15, 0.2) is 0 Å². The lowest BCUT2D eigenvalue weighted by Gasteiger charge is -2.17. The maximum Gasteiger partial charge on any atom is 0.306 e. The van der Waals surface area contributed by atoms with Gasteiger partial charge in [-0.2, -0.15) is 12.7 Å². The van der Waals surface area contributed by atoms with Crippen LogP contribution in [0.1, 0.15) is 12.8 Å². The Morgan fingerprint density at radius 1 is 1.16 bits per heavy atom. The number of esters is 1. The second-order valence-corrected chi connectivity index (χ2v) is 5.95. The van der Waals surface area contributed by atoms with Crippen molar-refractivity contribution >= 4 is 22.1 Å². The number of nitrogens with zero attached hydrogens (tertiary/aromatic N) is 2. The number of ether oxygens (including phenoxy) is 1. The minimum Gasteiger partial charge on any atom is -0.469 e. The molecule has 1 amide bonds. The number of hydrogen-bond acceptors (Lipinski definition) is 5. The first-order chi connectivity index (χ1) is 8.70. The van der Waals surface area contributed by atoms with Gasteiger partial charge in [0.25, 0.3) is 10.2 Å². The maximum atomic E-state index is 11.7. The molecular weight excluding hydrogens is 274 g/mol. The summed E-state index contributed by atoms with van der Waals surface area (Å²) >= 11 is 0. The number of carbonyl (C=O) groups is 2. The Morgan fingerprint density at radius 2 is 1.74 bits per heavy atom. The molecule has 0 saturated heterocycles. The van der Waals surface area contributed by atoms with E-state index in [9.17, 15) is 18.0 Å². The molecule has 0 bridgehead atoms. The number of rotatable bonds is 8. The Hall–Kier alpha value is -1.19. The van der Waals surface area contributed by atoms with E-state index in [4.69, 9.17) is 0 Å². The molecule has 0 aromatic heterocycles. The van der Waals surface area contributed by atoms with Gasteiger partial charge in [-0.15, -0.1) is 0 Å². The Morgan fingerprint density at radius 3 is 2.21 bits per heavy atom. The molecule has 0 spiro atoms. The maximum absolute atomic E-state index is 11.7. The summed E-state index contributed by atoms with van der Waals surface area (Å²) in [6.45, 7) is 0.0333. The average Bonchev–Trinajstić information content (AvgIpc) is 2.34. The van der Waals surface area contributed by atoms with Gasteiger partial charge in [0.1, 0.15) is 0 Å². The van der Waals surface area contributed by atoms with Crippen LogP contribution in [0, 0.1) is 0 Å². The second-order valence-electron chi connectivity index (χ2n) is 4.09. The van der Waals surface area contributed by atoms with Crippen LogP contribution in [0.4, 0.5) is 0 Å². The van der Waals surface area contributed by atoms with E-state index in [0.29, 0.717) is 0 Å². The van der Waals surface area contributed by atoms with Crippen molar-refractivity contribution in [1.82, 2.24) is 13.9 Å². The molecule has 8 nitrogen and oxygen atoms in total. The van der Waals surface area contributed by atoms with Gasteiger partial charge in [-0.05, 0) is 0 Å². The summed E-state index contributed by atoms with van der Waals surface area (Å²) in [5.41, 5.74) is 0. The van der Waals surface area contributed by atoms with E-state index >= 15 is 0 Å². The van der Waals surface area contributed by atoms with Crippen LogP contribution >= 0.6 is 0 Å². The highest BCUT2D eigenvalue weighted by Gasteiger charge is 2.18. The minimum atomic E-state index is -3.68. The van der Waals surface area contributed by atoms with Crippen molar-refractivity contribution in [2.75, 3.05) is 41.3 Å².